The Hall–Kier alpha value is -0.740. The normalized spacial score (nSPS) is 13.9. The maximum Gasteiger partial charge on any atom is 0.194 e. The van der Waals surface area contributed by atoms with E-state index in [1.165, 1.54) is 39.7 Å². The van der Waals surface area contributed by atoms with E-state index in [0.29, 0.717) is 0 Å². The largest absolute Gasteiger partial charge is 0.357 e. The lowest BCUT2D eigenvalue weighted by Crippen LogP contribution is -2.38. The van der Waals surface area contributed by atoms with E-state index < -0.39 is 0 Å². The van der Waals surface area contributed by atoms with Gasteiger partial charge in [-0.15, -0.1) is 46.7 Å². The van der Waals surface area contributed by atoms with Crippen LogP contribution in [0.25, 0.3) is 0 Å². The number of rotatable bonds is 6. The molecule has 1 aliphatic carbocycles. The molecule has 0 aliphatic heterocycles. The Morgan fingerprint density at radius 3 is 2.63 bits per heavy atom. The molecule has 2 aromatic rings. The van der Waals surface area contributed by atoms with E-state index in [9.17, 15) is 0 Å². The molecule has 0 aromatic carbocycles. The fourth-order valence-electron chi connectivity index (χ4n) is 3.29. The lowest BCUT2D eigenvalue weighted by Gasteiger charge is -2.21. The molecule has 2 heterocycles. The summed E-state index contributed by atoms with van der Waals surface area (Å²) < 4.78 is 0. The van der Waals surface area contributed by atoms with Crippen LogP contribution in [0.2, 0.25) is 0 Å². The molecule has 27 heavy (non-hydrogen) atoms. The van der Waals surface area contributed by atoms with Gasteiger partial charge in [-0.1, -0.05) is 0 Å². The SMILES string of the molecule is CCNC(=NCCc1sc(C)nc1C)N(C)Cc1nc2c(s1)CCCC2.I. The molecule has 0 amide bonds. The number of nitrogens with one attached hydrogen (secondary N) is 1. The number of guanidine groups is 1. The van der Waals surface area contributed by atoms with Gasteiger partial charge in [0, 0.05) is 36.3 Å². The van der Waals surface area contributed by atoms with Crippen molar-refractivity contribution < 1.29 is 0 Å². The minimum absolute atomic E-state index is 0. The fraction of sp³-hybridized carbons (Fsp3) is 0.632. The van der Waals surface area contributed by atoms with Crippen molar-refractivity contribution in [2.24, 2.45) is 4.99 Å². The van der Waals surface area contributed by atoms with E-state index in [0.717, 1.165) is 49.1 Å². The molecular formula is C19H30IN5S2. The molecule has 2 aromatic heterocycles. The fourth-order valence-corrected chi connectivity index (χ4v) is 5.43. The Morgan fingerprint density at radius 2 is 1.96 bits per heavy atom. The lowest BCUT2D eigenvalue weighted by atomic mass is 10.0. The van der Waals surface area contributed by atoms with Crippen molar-refractivity contribution >= 4 is 52.6 Å². The quantitative estimate of drug-likeness (QED) is 0.350. The average Bonchev–Trinajstić information content (AvgIpc) is 3.15. The van der Waals surface area contributed by atoms with Crippen LogP contribution in [0.1, 0.15) is 50.9 Å². The number of hydrogen-bond donors (Lipinski definition) is 1. The molecule has 0 saturated carbocycles. The van der Waals surface area contributed by atoms with E-state index in [1.807, 2.05) is 11.3 Å². The molecule has 8 heteroatoms. The van der Waals surface area contributed by atoms with E-state index >= 15 is 0 Å². The van der Waals surface area contributed by atoms with Gasteiger partial charge in [-0.25, -0.2) is 9.97 Å². The van der Waals surface area contributed by atoms with Crippen molar-refractivity contribution in [2.45, 2.75) is 59.4 Å². The highest BCUT2D eigenvalue weighted by Gasteiger charge is 2.17. The zero-order valence-corrected chi connectivity index (χ0v) is 20.6. The number of fused-ring (bicyclic) bond motifs is 1. The molecule has 0 radical (unpaired) electrons. The maximum atomic E-state index is 4.86. The van der Waals surface area contributed by atoms with Crippen LogP contribution in [0.4, 0.5) is 0 Å². The molecule has 0 spiro atoms. The van der Waals surface area contributed by atoms with Gasteiger partial charge in [-0.2, -0.15) is 0 Å². The average molecular weight is 520 g/mol. The van der Waals surface area contributed by atoms with Crippen LogP contribution in [0.15, 0.2) is 4.99 Å². The Balaban J connectivity index is 0.00000261. The summed E-state index contributed by atoms with van der Waals surface area (Å²) in [5.41, 5.74) is 2.48. The first-order valence-corrected chi connectivity index (χ1v) is 11.1. The van der Waals surface area contributed by atoms with Gasteiger partial charge < -0.3 is 10.2 Å². The molecule has 0 bridgehead atoms. The second kappa shape index (κ2) is 10.7. The molecular weight excluding hydrogens is 489 g/mol. The standard InChI is InChI=1S/C19H29N5S2.HI/c1-5-20-19(21-11-10-16-13(2)22-14(3)25-16)24(4)12-18-23-15-8-6-7-9-17(15)26-18;/h5-12H2,1-4H3,(H,20,21);1H. The van der Waals surface area contributed by atoms with Crippen molar-refractivity contribution in [3.05, 3.63) is 31.2 Å². The summed E-state index contributed by atoms with van der Waals surface area (Å²) in [6.45, 7) is 8.74. The molecule has 0 saturated heterocycles. The number of aryl methyl sites for hydroxylation is 4. The van der Waals surface area contributed by atoms with E-state index in [2.05, 4.69) is 43.0 Å². The number of aromatic nitrogens is 2. The third-order valence-electron chi connectivity index (χ3n) is 4.56. The molecule has 1 aliphatic rings. The smallest absolute Gasteiger partial charge is 0.194 e. The van der Waals surface area contributed by atoms with Crippen LogP contribution in [0, 0.1) is 13.8 Å². The highest BCUT2D eigenvalue weighted by molar-refractivity contribution is 14.0. The van der Waals surface area contributed by atoms with Crippen LogP contribution < -0.4 is 5.32 Å². The highest BCUT2D eigenvalue weighted by atomic mass is 127. The number of aliphatic imine (C=N–C) groups is 1. The maximum absolute atomic E-state index is 4.86. The van der Waals surface area contributed by atoms with E-state index in [-0.39, 0.29) is 24.0 Å². The molecule has 1 N–H and O–H groups in total. The minimum Gasteiger partial charge on any atom is -0.357 e. The van der Waals surface area contributed by atoms with Crippen molar-refractivity contribution in [1.29, 1.82) is 0 Å². The second-order valence-electron chi connectivity index (χ2n) is 6.77. The summed E-state index contributed by atoms with van der Waals surface area (Å²) in [6, 6.07) is 0. The number of hydrogen-bond acceptors (Lipinski definition) is 5. The van der Waals surface area contributed by atoms with Crippen LogP contribution in [-0.4, -0.2) is 41.0 Å². The molecule has 0 fully saturated rings. The zero-order chi connectivity index (χ0) is 18.5. The Kier molecular flexibility index (Phi) is 8.94. The van der Waals surface area contributed by atoms with Crippen molar-refractivity contribution in [3.8, 4) is 0 Å². The Labute approximate surface area is 187 Å². The third-order valence-corrected chi connectivity index (χ3v) is 6.83. The Morgan fingerprint density at radius 1 is 1.19 bits per heavy atom. The number of nitrogens with zero attached hydrogens (tertiary/aromatic N) is 4. The minimum atomic E-state index is 0. The van der Waals surface area contributed by atoms with Gasteiger partial charge in [-0.3, -0.25) is 4.99 Å². The summed E-state index contributed by atoms with van der Waals surface area (Å²) in [5.74, 6) is 0.958. The van der Waals surface area contributed by atoms with Gasteiger partial charge >= 0.3 is 0 Å². The molecule has 150 valence electrons. The predicted molar refractivity (Wildman–Crippen MR) is 127 cm³/mol. The van der Waals surface area contributed by atoms with Gasteiger partial charge in [0.2, 0.25) is 0 Å². The van der Waals surface area contributed by atoms with Gasteiger partial charge in [0.15, 0.2) is 5.96 Å². The molecule has 3 rings (SSSR count). The van der Waals surface area contributed by atoms with Crippen LogP contribution >= 0.6 is 46.7 Å². The van der Waals surface area contributed by atoms with Crippen molar-refractivity contribution in [1.82, 2.24) is 20.2 Å². The summed E-state index contributed by atoms with van der Waals surface area (Å²) in [7, 11) is 2.10. The topological polar surface area (TPSA) is 53.4 Å². The summed E-state index contributed by atoms with van der Waals surface area (Å²) in [5, 5.41) is 5.76. The number of halogens is 1. The van der Waals surface area contributed by atoms with E-state index in [1.54, 1.807) is 11.3 Å². The molecule has 5 nitrogen and oxygen atoms in total. The second-order valence-corrected chi connectivity index (χ2v) is 9.22. The van der Waals surface area contributed by atoms with Gasteiger partial charge in [0.25, 0.3) is 0 Å². The third kappa shape index (κ3) is 6.12. The zero-order valence-electron chi connectivity index (χ0n) is 16.7. The first-order valence-electron chi connectivity index (χ1n) is 9.46. The lowest BCUT2D eigenvalue weighted by molar-refractivity contribution is 0.475. The summed E-state index contributed by atoms with van der Waals surface area (Å²) >= 11 is 3.67. The van der Waals surface area contributed by atoms with Gasteiger partial charge in [-0.05, 0) is 46.5 Å². The Bertz CT molecular complexity index is 745. The first kappa shape index (κ1) is 22.5. The highest BCUT2D eigenvalue weighted by Crippen LogP contribution is 2.27. The monoisotopic (exact) mass is 519 g/mol. The number of thiazole rings is 2. The van der Waals surface area contributed by atoms with Crippen LogP contribution in [0.3, 0.4) is 0 Å². The summed E-state index contributed by atoms with van der Waals surface area (Å²) in [4.78, 5) is 19.2. The van der Waals surface area contributed by atoms with E-state index in [4.69, 9.17) is 9.98 Å². The van der Waals surface area contributed by atoms with Crippen LogP contribution in [0.5, 0.6) is 0 Å². The molecule has 0 unspecified atom stereocenters. The first-order chi connectivity index (χ1) is 12.6. The van der Waals surface area contributed by atoms with Gasteiger partial charge in [0.05, 0.1) is 22.9 Å². The van der Waals surface area contributed by atoms with Crippen molar-refractivity contribution in [2.75, 3.05) is 20.1 Å². The molecule has 0 atom stereocenters. The van der Waals surface area contributed by atoms with Crippen molar-refractivity contribution in [3.63, 3.8) is 0 Å². The predicted octanol–water partition coefficient (Wildman–Crippen LogP) is 4.35. The summed E-state index contributed by atoms with van der Waals surface area (Å²) in [6.07, 6.45) is 5.90. The van der Waals surface area contributed by atoms with Gasteiger partial charge in [0.1, 0.15) is 5.01 Å². The van der Waals surface area contributed by atoms with Crippen LogP contribution in [-0.2, 0) is 25.8 Å².